The van der Waals surface area contributed by atoms with E-state index in [1.54, 1.807) is 4.90 Å². The Balaban J connectivity index is 2.11. The van der Waals surface area contributed by atoms with Gasteiger partial charge in [0.1, 0.15) is 11.9 Å². The molecule has 1 fully saturated rings. The number of carbonyl (C=O) groups excluding carboxylic acids is 1. The van der Waals surface area contributed by atoms with Crippen LogP contribution in [0.15, 0.2) is 18.5 Å². The maximum Gasteiger partial charge on any atom is 0.305 e. The van der Waals surface area contributed by atoms with Gasteiger partial charge in [0.05, 0.1) is 12.6 Å². The van der Waals surface area contributed by atoms with Gasteiger partial charge in [0.25, 0.3) is 0 Å². The average Bonchev–Trinajstić information content (AvgIpc) is 2.33. The van der Waals surface area contributed by atoms with Crippen LogP contribution in [0.4, 0.5) is 4.39 Å². The zero-order valence-electron chi connectivity index (χ0n) is 10.2. The Hall–Kier alpha value is -2.02. The van der Waals surface area contributed by atoms with E-state index >= 15 is 0 Å². The van der Waals surface area contributed by atoms with Gasteiger partial charge in [0.2, 0.25) is 5.91 Å². The summed E-state index contributed by atoms with van der Waals surface area (Å²) < 4.78 is 13.1. The molecule has 1 saturated heterocycles. The van der Waals surface area contributed by atoms with Crippen molar-refractivity contribution >= 4 is 11.9 Å². The van der Waals surface area contributed by atoms with Crippen molar-refractivity contribution in [3.63, 3.8) is 0 Å². The van der Waals surface area contributed by atoms with Crippen LogP contribution in [-0.4, -0.2) is 46.0 Å². The number of nitrogens with zero attached hydrogens (tertiary/aromatic N) is 2. The predicted molar refractivity (Wildman–Crippen MR) is 63.7 cm³/mol. The van der Waals surface area contributed by atoms with Crippen molar-refractivity contribution < 1.29 is 19.1 Å². The highest BCUT2D eigenvalue weighted by atomic mass is 19.1. The molecule has 1 unspecified atom stereocenters. The third kappa shape index (κ3) is 3.47. The van der Waals surface area contributed by atoms with Crippen molar-refractivity contribution in [3.05, 3.63) is 29.8 Å². The van der Waals surface area contributed by atoms with E-state index in [9.17, 15) is 14.0 Å². The summed E-state index contributed by atoms with van der Waals surface area (Å²) in [6, 6.07) is 0.603. The van der Waals surface area contributed by atoms with Gasteiger partial charge in [-0.3, -0.25) is 19.5 Å². The molecule has 2 rings (SSSR count). The molecule has 19 heavy (non-hydrogen) atoms. The minimum Gasteiger partial charge on any atom is -0.481 e. The van der Waals surface area contributed by atoms with E-state index in [1.807, 2.05) is 0 Å². The van der Waals surface area contributed by atoms with E-state index in [4.69, 9.17) is 5.11 Å². The van der Waals surface area contributed by atoms with Crippen molar-refractivity contribution in [2.75, 3.05) is 13.1 Å². The van der Waals surface area contributed by atoms with Gasteiger partial charge in [0.15, 0.2) is 0 Å². The number of aromatic nitrogens is 1. The number of rotatable bonds is 4. The van der Waals surface area contributed by atoms with Crippen LogP contribution in [0.25, 0.3) is 0 Å². The molecule has 0 radical (unpaired) electrons. The fourth-order valence-electron chi connectivity index (χ4n) is 2.12. The van der Waals surface area contributed by atoms with E-state index in [0.29, 0.717) is 25.2 Å². The highest BCUT2D eigenvalue weighted by Gasteiger charge is 2.31. The van der Waals surface area contributed by atoms with Crippen LogP contribution in [0.3, 0.4) is 0 Å². The highest BCUT2D eigenvalue weighted by molar-refractivity contribution is 5.86. The van der Waals surface area contributed by atoms with Gasteiger partial charge in [-0.1, -0.05) is 0 Å². The number of hydrogen-bond acceptors (Lipinski definition) is 4. The minimum absolute atomic E-state index is 0.269. The molecule has 0 bridgehead atoms. The molecule has 1 aromatic rings. The zero-order valence-corrected chi connectivity index (χ0v) is 10.2. The second-order valence-corrected chi connectivity index (χ2v) is 4.39. The van der Waals surface area contributed by atoms with Gasteiger partial charge >= 0.3 is 5.97 Å². The number of carbonyl (C=O) groups is 2. The number of pyridine rings is 1. The SMILES string of the molecule is O=C(O)CC1C(=O)NCCN1Cc1cncc(F)c1. The first kappa shape index (κ1) is 13.4. The smallest absolute Gasteiger partial charge is 0.305 e. The Kier molecular flexibility index (Phi) is 4.06. The van der Waals surface area contributed by atoms with E-state index in [1.165, 1.54) is 12.3 Å². The Labute approximate surface area is 109 Å². The van der Waals surface area contributed by atoms with Crippen molar-refractivity contribution in [1.29, 1.82) is 0 Å². The van der Waals surface area contributed by atoms with Gasteiger partial charge in [0, 0.05) is 25.8 Å². The molecular weight excluding hydrogens is 253 g/mol. The second-order valence-electron chi connectivity index (χ2n) is 4.39. The highest BCUT2D eigenvalue weighted by Crippen LogP contribution is 2.14. The summed E-state index contributed by atoms with van der Waals surface area (Å²) in [7, 11) is 0. The number of piperazine rings is 1. The van der Waals surface area contributed by atoms with Crippen LogP contribution in [0.2, 0.25) is 0 Å². The van der Waals surface area contributed by atoms with Crippen molar-refractivity contribution in [2.45, 2.75) is 19.0 Å². The first-order chi connectivity index (χ1) is 9.06. The standard InChI is InChI=1S/C12H14FN3O3/c13-9-3-8(5-14-6-9)7-16-2-1-15-12(19)10(16)4-11(17)18/h3,5-6,10H,1-2,4,7H2,(H,15,19)(H,17,18). The number of hydrogen-bond donors (Lipinski definition) is 2. The lowest BCUT2D eigenvalue weighted by atomic mass is 10.1. The number of halogens is 1. The number of carboxylic acids is 1. The lowest BCUT2D eigenvalue weighted by Gasteiger charge is -2.34. The second kappa shape index (κ2) is 5.75. The normalized spacial score (nSPS) is 20.1. The third-order valence-corrected chi connectivity index (χ3v) is 2.96. The topological polar surface area (TPSA) is 82.5 Å². The molecular formula is C12H14FN3O3. The van der Waals surface area contributed by atoms with E-state index in [2.05, 4.69) is 10.3 Å². The lowest BCUT2D eigenvalue weighted by molar-refractivity contribution is -0.143. The van der Waals surface area contributed by atoms with Gasteiger partial charge in [-0.05, 0) is 11.6 Å². The fraction of sp³-hybridized carbons (Fsp3) is 0.417. The molecule has 1 aromatic heterocycles. The van der Waals surface area contributed by atoms with Gasteiger partial charge in [-0.15, -0.1) is 0 Å². The first-order valence-corrected chi connectivity index (χ1v) is 5.89. The molecule has 1 aliphatic rings. The Morgan fingerprint density at radius 3 is 3.05 bits per heavy atom. The summed E-state index contributed by atoms with van der Waals surface area (Å²) in [5, 5.41) is 11.5. The summed E-state index contributed by atoms with van der Waals surface area (Å²) in [5.41, 5.74) is 0.616. The lowest BCUT2D eigenvalue weighted by Crippen LogP contribution is -2.55. The van der Waals surface area contributed by atoms with Gasteiger partial charge in [-0.2, -0.15) is 0 Å². The predicted octanol–water partition coefficient (Wildman–Crippen LogP) is -0.00420. The van der Waals surface area contributed by atoms with Gasteiger partial charge in [-0.25, -0.2) is 4.39 Å². The maximum atomic E-state index is 13.1. The van der Waals surface area contributed by atoms with Crippen LogP contribution >= 0.6 is 0 Å². The summed E-state index contributed by atoms with van der Waals surface area (Å²) in [5.74, 6) is -1.80. The molecule has 6 nitrogen and oxygen atoms in total. The molecule has 1 amide bonds. The molecule has 2 heterocycles. The van der Waals surface area contributed by atoms with Crippen molar-refractivity contribution in [2.24, 2.45) is 0 Å². The number of nitrogens with one attached hydrogen (secondary N) is 1. The minimum atomic E-state index is -1.04. The van der Waals surface area contributed by atoms with Crippen LogP contribution in [0, 0.1) is 5.82 Å². The third-order valence-electron chi connectivity index (χ3n) is 2.96. The molecule has 0 saturated carbocycles. The molecule has 0 aliphatic carbocycles. The number of aliphatic carboxylic acids is 1. The molecule has 2 N–H and O–H groups in total. The summed E-state index contributed by atoms with van der Waals surface area (Å²) in [6.07, 6.45) is 2.34. The van der Waals surface area contributed by atoms with Crippen molar-refractivity contribution in [3.8, 4) is 0 Å². The molecule has 0 spiro atoms. The summed E-state index contributed by atoms with van der Waals surface area (Å²) >= 11 is 0. The Bertz CT molecular complexity index is 495. The molecule has 1 aliphatic heterocycles. The summed E-state index contributed by atoms with van der Waals surface area (Å²) in [4.78, 5) is 27.9. The first-order valence-electron chi connectivity index (χ1n) is 5.89. The number of amides is 1. The Morgan fingerprint density at radius 1 is 1.58 bits per heavy atom. The van der Waals surface area contributed by atoms with E-state index in [0.717, 1.165) is 6.20 Å². The zero-order chi connectivity index (χ0) is 13.8. The van der Waals surface area contributed by atoms with Crippen LogP contribution in [0.1, 0.15) is 12.0 Å². The van der Waals surface area contributed by atoms with Crippen LogP contribution < -0.4 is 5.32 Å². The quantitative estimate of drug-likeness (QED) is 0.802. The molecule has 0 aromatic carbocycles. The number of carboxylic acid groups (broad SMARTS) is 1. The average molecular weight is 267 g/mol. The fourth-order valence-corrected chi connectivity index (χ4v) is 2.12. The largest absolute Gasteiger partial charge is 0.481 e. The Morgan fingerprint density at radius 2 is 2.37 bits per heavy atom. The maximum absolute atomic E-state index is 13.1. The van der Waals surface area contributed by atoms with Crippen LogP contribution in [-0.2, 0) is 16.1 Å². The van der Waals surface area contributed by atoms with Crippen molar-refractivity contribution in [1.82, 2.24) is 15.2 Å². The van der Waals surface area contributed by atoms with Gasteiger partial charge < -0.3 is 10.4 Å². The van der Waals surface area contributed by atoms with E-state index in [-0.39, 0.29) is 12.3 Å². The summed E-state index contributed by atoms with van der Waals surface area (Å²) in [6.45, 7) is 1.29. The van der Waals surface area contributed by atoms with Crippen LogP contribution in [0.5, 0.6) is 0 Å². The molecule has 1 atom stereocenters. The molecule has 102 valence electrons. The monoisotopic (exact) mass is 267 g/mol. The molecule has 7 heteroatoms. The van der Waals surface area contributed by atoms with E-state index < -0.39 is 17.8 Å².